The van der Waals surface area contributed by atoms with E-state index in [1.165, 1.54) is 17.8 Å². The molecule has 2 saturated heterocycles. The highest BCUT2D eigenvalue weighted by Gasteiger charge is 2.37. The summed E-state index contributed by atoms with van der Waals surface area (Å²) in [5, 5.41) is 5.18. The molecule has 3 rings (SSSR count). The van der Waals surface area contributed by atoms with Crippen molar-refractivity contribution >= 4 is 17.2 Å². The molecule has 2 aliphatic heterocycles. The number of hydrogen-bond acceptors (Lipinski definition) is 4. The van der Waals surface area contributed by atoms with Gasteiger partial charge < -0.3 is 15.0 Å². The first kappa shape index (κ1) is 16.9. The van der Waals surface area contributed by atoms with E-state index in [1.54, 1.807) is 11.3 Å². The van der Waals surface area contributed by atoms with Gasteiger partial charge in [-0.25, -0.2) is 0 Å². The van der Waals surface area contributed by atoms with Crippen LogP contribution in [0, 0.1) is 11.8 Å². The Morgan fingerprint density at radius 1 is 1.52 bits per heavy atom. The van der Waals surface area contributed by atoms with Crippen molar-refractivity contribution in [1.82, 2.24) is 10.2 Å². The van der Waals surface area contributed by atoms with E-state index < -0.39 is 0 Å². The Bertz CT molecular complexity index is 491. The minimum atomic E-state index is 0.0289. The highest BCUT2D eigenvalue weighted by molar-refractivity contribution is 7.09. The van der Waals surface area contributed by atoms with Gasteiger partial charge >= 0.3 is 0 Å². The van der Waals surface area contributed by atoms with Gasteiger partial charge in [-0.05, 0) is 49.6 Å². The molecule has 2 fully saturated rings. The molecule has 0 aromatic carbocycles. The Balaban J connectivity index is 1.44. The number of thiophene rings is 1. The molecule has 0 bridgehead atoms. The van der Waals surface area contributed by atoms with Crippen LogP contribution in [0.4, 0.5) is 0 Å². The molecule has 0 unspecified atom stereocenters. The third-order valence-corrected chi connectivity index (χ3v) is 5.94. The number of ether oxygens (including phenoxy) is 1. The van der Waals surface area contributed by atoms with Crippen molar-refractivity contribution in [1.29, 1.82) is 0 Å². The zero-order valence-electron chi connectivity index (χ0n) is 14.0. The van der Waals surface area contributed by atoms with Crippen LogP contribution in [0.1, 0.15) is 31.1 Å². The highest BCUT2D eigenvalue weighted by Crippen LogP contribution is 2.31. The Morgan fingerprint density at radius 2 is 2.43 bits per heavy atom. The molecule has 3 heterocycles. The molecule has 1 aromatic rings. The second kappa shape index (κ2) is 8.27. The van der Waals surface area contributed by atoms with Crippen molar-refractivity contribution < 1.29 is 9.53 Å². The molecule has 2 aliphatic rings. The normalized spacial score (nSPS) is 28.3. The molecule has 1 amide bonds. The quantitative estimate of drug-likeness (QED) is 0.868. The van der Waals surface area contributed by atoms with E-state index >= 15 is 0 Å². The molecule has 0 saturated carbocycles. The van der Waals surface area contributed by atoms with Crippen LogP contribution in [0.25, 0.3) is 0 Å². The minimum absolute atomic E-state index is 0.0289. The molecular weight excluding hydrogens is 308 g/mol. The summed E-state index contributed by atoms with van der Waals surface area (Å²) in [6.45, 7) is 6.96. The maximum Gasteiger partial charge on any atom is 0.225 e. The molecule has 0 radical (unpaired) electrons. The second-order valence-corrected chi connectivity index (χ2v) is 7.81. The smallest absolute Gasteiger partial charge is 0.225 e. The second-order valence-electron chi connectivity index (χ2n) is 6.77. The Labute approximate surface area is 143 Å². The third kappa shape index (κ3) is 4.55. The Morgan fingerprint density at radius 3 is 3.22 bits per heavy atom. The summed E-state index contributed by atoms with van der Waals surface area (Å²) < 4.78 is 6.01. The van der Waals surface area contributed by atoms with Crippen molar-refractivity contribution in [3.8, 4) is 0 Å². The van der Waals surface area contributed by atoms with Crippen LogP contribution in [0.15, 0.2) is 17.5 Å². The molecule has 0 aliphatic carbocycles. The zero-order valence-corrected chi connectivity index (χ0v) is 14.8. The van der Waals surface area contributed by atoms with Crippen LogP contribution in [0.2, 0.25) is 0 Å². The maximum atomic E-state index is 12.4. The lowest BCUT2D eigenvalue weighted by molar-refractivity contribution is -0.138. The number of carbonyl (C=O) groups is 1. The first-order chi connectivity index (χ1) is 11.3. The molecule has 128 valence electrons. The van der Waals surface area contributed by atoms with Crippen LogP contribution in [0.5, 0.6) is 0 Å². The topological polar surface area (TPSA) is 41.6 Å². The van der Waals surface area contributed by atoms with E-state index in [9.17, 15) is 4.79 Å². The zero-order chi connectivity index (χ0) is 16.1. The summed E-state index contributed by atoms with van der Waals surface area (Å²) in [6.07, 6.45) is 4.60. The van der Waals surface area contributed by atoms with Crippen LogP contribution >= 0.6 is 11.3 Å². The number of hydrogen-bond donors (Lipinski definition) is 1. The van der Waals surface area contributed by atoms with Crippen molar-refractivity contribution in [2.75, 3.05) is 32.8 Å². The Hall–Kier alpha value is -0.910. The van der Waals surface area contributed by atoms with Gasteiger partial charge in [0.15, 0.2) is 0 Å². The van der Waals surface area contributed by atoms with Gasteiger partial charge in [0.25, 0.3) is 0 Å². The van der Waals surface area contributed by atoms with Gasteiger partial charge in [0, 0.05) is 24.5 Å². The average Bonchev–Trinajstić information content (AvgIpc) is 3.08. The maximum absolute atomic E-state index is 12.4. The number of likely N-dealkylation sites (tertiary alicyclic amines) is 1. The van der Waals surface area contributed by atoms with Crippen molar-refractivity contribution in [2.24, 2.45) is 11.8 Å². The highest BCUT2D eigenvalue weighted by atomic mass is 32.1. The van der Waals surface area contributed by atoms with Crippen molar-refractivity contribution in [3.05, 3.63) is 22.4 Å². The third-order valence-electron chi connectivity index (χ3n) is 5.01. The van der Waals surface area contributed by atoms with Crippen LogP contribution in [-0.4, -0.2) is 49.7 Å². The van der Waals surface area contributed by atoms with Gasteiger partial charge in [-0.3, -0.25) is 4.79 Å². The molecular formula is C18H28N2O2S. The van der Waals surface area contributed by atoms with Gasteiger partial charge in [0.1, 0.15) is 0 Å². The first-order valence-corrected chi connectivity index (χ1v) is 9.78. The summed E-state index contributed by atoms with van der Waals surface area (Å²) in [5.74, 6) is 0.728. The lowest BCUT2D eigenvalue weighted by Crippen LogP contribution is -2.50. The lowest BCUT2D eigenvalue weighted by Gasteiger charge is -2.43. The van der Waals surface area contributed by atoms with E-state index in [1.807, 2.05) is 0 Å². The summed E-state index contributed by atoms with van der Waals surface area (Å²) >= 11 is 1.75. The monoisotopic (exact) mass is 336 g/mol. The lowest BCUT2D eigenvalue weighted by atomic mass is 9.83. The standard InChI is InChI=1S/C18H28N2O2S/c1-2-8-20-9-6-17-14(12-20)11-15(13-22-17)18(21)19-7-5-16-4-3-10-23-16/h3-4,10,14-15,17H,2,5-9,11-13H2,1H3,(H,19,21)/t14-,15-,17+/m0/s1. The van der Waals surface area contributed by atoms with E-state index in [2.05, 4.69) is 34.7 Å². The van der Waals surface area contributed by atoms with Gasteiger partial charge in [0.05, 0.1) is 18.6 Å². The van der Waals surface area contributed by atoms with E-state index in [4.69, 9.17) is 4.74 Å². The van der Waals surface area contributed by atoms with E-state index in [0.717, 1.165) is 38.9 Å². The number of fused-ring (bicyclic) bond motifs is 1. The number of nitrogens with zero attached hydrogens (tertiary/aromatic N) is 1. The van der Waals surface area contributed by atoms with Crippen LogP contribution in [0.3, 0.4) is 0 Å². The number of amides is 1. The summed E-state index contributed by atoms with van der Waals surface area (Å²) in [4.78, 5) is 16.3. The van der Waals surface area contributed by atoms with E-state index in [-0.39, 0.29) is 11.8 Å². The number of piperidine rings is 1. The number of rotatable bonds is 6. The fourth-order valence-electron chi connectivity index (χ4n) is 3.82. The largest absolute Gasteiger partial charge is 0.377 e. The SMILES string of the molecule is CCCN1CC[C@H]2OC[C@@H](C(=O)NCCc3cccs3)C[C@H]2C1. The minimum Gasteiger partial charge on any atom is -0.377 e. The van der Waals surface area contributed by atoms with Gasteiger partial charge in [-0.1, -0.05) is 13.0 Å². The molecule has 1 aromatic heterocycles. The van der Waals surface area contributed by atoms with Crippen molar-refractivity contribution in [2.45, 2.75) is 38.7 Å². The van der Waals surface area contributed by atoms with Gasteiger partial charge in [-0.15, -0.1) is 11.3 Å². The summed E-state index contributed by atoms with van der Waals surface area (Å²) in [5.41, 5.74) is 0. The average molecular weight is 337 g/mol. The van der Waals surface area contributed by atoms with E-state index in [0.29, 0.717) is 18.6 Å². The predicted molar refractivity (Wildman–Crippen MR) is 93.7 cm³/mol. The van der Waals surface area contributed by atoms with Crippen molar-refractivity contribution in [3.63, 3.8) is 0 Å². The Kier molecular flexibility index (Phi) is 6.08. The first-order valence-electron chi connectivity index (χ1n) is 8.90. The summed E-state index contributed by atoms with van der Waals surface area (Å²) in [7, 11) is 0. The fraction of sp³-hybridized carbons (Fsp3) is 0.722. The number of carbonyl (C=O) groups excluding carboxylic acids is 1. The van der Waals surface area contributed by atoms with Crippen LogP contribution in [-0.2, 0) is 16.0 Å². The molecule has 3 atom stereocenters. The predicted octanol–water partition coefficient (Wildman–Crippen LogP) is 2.54. The van der Waals surface area contributed by atoms with Gasteiger partial charge in [0.2, 0.25) is 5.91 Å². The summed E-state index contributed by atoms with van der Waals surface area (Å²) in [6, 6.07) is 4.18. The molecule has 1 N–H and O–H groups in total. The molecule has 23 heavy (non-hydrogen) atoms. The molecule has 0 spiro atoms. The molecule has 5 heteroatoms. The molecule has 4 nitrogen and oxygen atoms in total. The fourth-order valence-corrected chi connectivity index (χ4v) is 4.52. The van der Waals surface area contributed by atoms with Crippen LogP contribution < -0.4 is 5.32 Å². The van der Waals surface area contributed by atoms with Gasteiger partial charge in [-0.2, -0.15) is 0 Å². The number of nitrogens with one attached hydrogen (secondary N) is 1.